The zero-order valence-corrected chi connectivity index (χ0v) is 19.2. The summed E-state index contributed by atoms with van der Waals surface area (Å²) in [5, 5.41) is 21.4. The topological polar surface area (TPSA) is 82.8 Å². The first-order valence-electron chi connectivity index (χ1n) is 11.3. The number of aromatic carboxylic acids is 1. The maximum Gasteiger partial charge on any atom is 0.335 e. The van der Waals surface area contributed by atoms with Crippen LogP contribution in [0.1, 0.15) is 50.5 Å². The summed E-state index contributed by atoms with van der Waals surface area (Å²) in [6.07, 6.45) is 4.41. The molecular weight excluding hydrogens is 443 g/mol. The van der Waals surface area contributed by atoms with Crippen LogP contribution in [0.3, 0.4) is 0 Å². The second kappa shape index (κ2) is 10.7. The zero-order valence-electron chi connectivity index (χ0n) is 19.2. The van der Waals surface area contributed by atoms with Crippen LogP contribution in [-0.4, -0.2) is 27.5 Å². The highest BCUT2D eigenvalue weighted by Crippen LogP contribution is 2.33. The highest BCUT2D eigenvalue weighted by Gasteiger charge is 2.20. The van der Waals surface area contributed by atoms with Crippen molar-refractivity contribution < 1.29 is 19.5 Å². The number of pyridine rings is 1. The average molecular weight is 469 g/mol. The Balaban J connectivity index is 1.60. The van der Waals surface area contributed by atoms with Crippen LogP contribution >= 0.6 is 0 Å². The van der Waals surface area contributed by atoms with Crippen LogP contribution in [0.15, 0.2) is 90.2 Å². The number of benzene rings is 3. The number of carbonyl (C=O) groups is 1. The maximum absolute atomic E-state index is 14.1. The zero-order chi connectivity index (χ0) is 24.8. The van der Waals surface area contributed by atoms with Gasteiger partial charge in [-0.3, -0.25) is 0 Å². The predicted molar refractivity (Wildman–Crippen MR) is 134 cm³/mol. The third-order valence-electron chi connectivity index (χ3n) is 6.20. The van der Waals surface area contributed by atoms with Crippen molar-refractivity contribution in [3.8, 4) is 11.1 Å². The molecule has 35 heavy (non-hydrogen) atoms. The van der Waals surface area contributed by atoms with Crippen molar-refractivity contribution >= 4 is 12.2 Å². The molecule has 2 N–H and O–H groups in total. The van der Waals surface area contributed by atoms with Gasteiger partial charge in [-0.1, -0.05) is 65.8 Å². The fourth-order valence-electron chi connectivity index (χ4n) is 4.35. The molecule has 1 heterocycles. The molecule has 5 nitrogen and oxygen atoms in total. The van der Waals surface area contributed by atoms with Gasteiger partial charge in [0.15, 0.2) is 0 Å². The van der Waals surface area contributed by atoms with Gasteiger partial charge in [0.2, 0.25) is 5.95 Å². The smallest absolute Gasteiger partial charge is 0.335 e. The van der Waals surface area contributed by atoms with E-state index in [-0.39, 0.29) is 11.5 Å². The molecular formula is C29H25FN2O3. The number of rotatable bonds is 8. The van der Waals surface area contributed by atoms with Crippen LogP contribution in [0.25, 0.3) is 11.1 Å². The number of carboxylic acids is 1. The molecule has 0 saturated carbocycles. The molecule has 0 amide bonds. The quantitative estimate of drug-likeness (QED) is 0.134. The van der Waals surface area contributed by atoms with E-state index in [0.29, 0.717) is 6.42 Å². The number of aromatic nitrogens is 1. The number of halogens is 1. The molecule has 0 aliphatic carbocycles. The molecule has 0 aliphatic heterocycles. The van der Waals surface area contributed by atoms with Crippen molar-refractivity contribution in [3.05, 3.63) is 124 Å². The lowest BCUT2D eigenvalue weighted by Crippen LogP contribution is -2.09. The van der Waals surface area contributed by atoms with Crippen molar-refractivity contribution in [1.29, 1.82) is 0 Å². The number of hydrogen-bond acceptors (Lipinski definition) is 4. The van der Waals surface area contributed by atoms with E-state index in [1.165, 1.54) is 12.3 Å². The molecule has 4 aromatic rings. The Morgan fingerprint density at radius 1 is 1.00 bits per heavy atom. The van der Waals surface area contributed by atoms with Gasteiger partial charge in [0, 0.05) is 12.1 Å². The minimum Gasteiger partial charge on any atom is -0.478 e. The van der Waals surface area contributed by atoms with E-state index in [4.69, 9.17) is 10.3 Å². The van der Waals surface area contributed by atoms with E-state index < -0.39 is 11.9 Å². The van der Waals surface area contributed by atoms with Gasteiger partial charge in [-0.05, 0) is 76.9 Å². The number of hydrogen-bond donors (Lipinski definition) is 2. The third-order valence-corrected chi connectivity index (χ3v) is 6.20. The number of aryl methyl sites for hydroxylation is 2. The summed E-state index contributed by atoms with van der Waals surface area (Å²) in [7, 11) is 0. The fraction of sp³-hybridized carbons (Fsp3) is 0.138. The average Bonchev–Trinajstić information content (AvgIpc) is 2.87. The second-order valence-electron chi connectivity index (χ2n) is 8.41. The van der Waals surface area contributed by atoms with Gasteiger partial charge in [-0.25, -0.2) is 9.78 Å². The van der Waals surface area contributed by atoms with Crippen molar-refractivity contribution in [2.45, 2.75) is 25.7 Å². The molecule has 176 valence electrons. The SMILES string of the molecule is Cc1cnc(F)cc1C(CCc1ccc(-c2ccc(C(=O)O)cc2)cc1)c1ccccc1/C=N\O. The van der Waals surface area contributed by atoms with E-state index in [0.717, 1.165) is 45.4 Å². The molecule has 0 spiro atoms. The minimum atomic E-state index is -0.947. The number of nitrogens with zero attached hydrogens (tertiary/aromatic N) is 2. The standard InChI is InChI=1S/C29H25FN2O3/c1-19-17-31-28(30)16-27(19)26(25-5-3-2-4-24(25)18-32-35)15-8-20-6-9-21(10-7-20)22-11-13-23(14-12-22)29(33)34/h2-7,9-14,16-18,26,35H,8,15H2,1H3,(H,33,34)/b32-18-. The molecule has 3 aromatic carbocycles. The molecule has 1 aromatic heterocycles. The first-order valence-corrected chi connectivity index (χ1v) is 11.3. The van der Waals surface area contributed by atoms with Crippen LogP contribution in [0.2, 0.25) is 0 Å². The number of oxime groups is 1. The van der Waals surface area contributed by atoms with Gasteiger partial charge in [0.1, 0.15) is 0 Å². The van der Waals surface area contributed by atoms with E-state index in [2.05, 4.69) is 22.3 Å². The summed E-state index contributed by atoms with van der Waals surface area (Å²) in [5.74, 6) is -1.59. The Kier molecular flexibility index (Phi) is 7.31. The summed E-state index contributed by atoms with van der Waals surface area (Å²) in [4.78, 5) is 14.9. The minimum absolute atomic E-state index is 0.120. The van der Waals surface area contributed by atoms with Crippen LogP contribution in [0.5, 0.6) is 0 Å². The Labute approximate surface area is 203 Å². The van der Waals surface area contributed by atoms with Crippen molar-refractivity contribution in [1.82, 2.24) is 4.98 Å². The fourth-order valence-corrected chi connectivity index (χ4v) is 4.35. The summed E-state index contributed by atoms with van der Waals surface area (Å²) in [6, 6.07) is 24.1. The summed E-state index contributed by atoms with van der Waals surface area (Å²) in [6.45, 7) is 1.92. The molecule has 0 radical (unpaired) electrons. The normalized spacial score (nSPS) is 12.1. The summed E-state index contributed by atoms with van der Waals surface area (Å²) in [5.41, 5.74) is 6.80. The van der Waals surface area contributed by atoms with Crippen LogP contribution in [-0.2, 0) is 6.42 Å². The van der Waals surface area contributed by atoms with E-state index in [1.54, 1.807) is 30.5 Å². The maximum atomic E-state index is 14.1. The van der Waals surface area contributed by atoms with Crippen molar-refractivity contribution in [2.24, 2.45) is 5.16 Å². The summed E-state index contributed by atoms with van der Waals surface area (Å²) < 4.78 is 14.1. The highest BCUT2D eigenvalue weighted by molar-refractivity contribution is 5.88. The van der Waals surface area contributed by atoms with E-state index >= 15 is 0 Å². The molecule has 1 atom stereocenters. The van der Waals surface area contributed by atoms with Gasteiger partial charge in [0.25, 0.3) is 0 Å². The Morgan fingerprint density at radius 3 is 2.31 bits per heavy atom. The van der Waals surface area contributed by atoms with Gasteiger partial charge < -0.3 is 10.3 Å². The summed E-state index contributed by atoms with van der Waals surface area (Å²) >= 11 is 0. The van der Waals surface area contributed by atoms with Crippen LogP contribution in [0, 0.1) is 12.9 Å². The third kappa shape index (κ3) is 5.61. The van der Waals surface area contributed by atoms with Crippen molar-refractivity contribution in [3.63, 3.8) is 0 Å². The first kappa shape index (κ1) is 23.8. The van der Waals surface area contributed by atoms with Gasteiger partial charge in [0.05, 0.1) is 11.8 Å². The number of carboxylic acid groups (broad SMARTS) is 1. The van der Waals surface area contributed by atoms with Crippen LogP contribution in [0.4, 0.5) is 4.39 Å². The molecule has 6 heteroatoms. The van der Waals surface area contributed by atoms with Gasteiger partial charge in [-0.15, -0.1) is 0 Å². The molecule has 0 bridgehead atoms. The second-order valence-corrected chi connectivity index (χ2v) is 8.41. The first-order chi connectivity index (χ1) is 17.0. The van der Waals surface area contributed by atoms with E-state index in [9.17, 15) is 9.18 Å². The van der Waals surface area contributed by atoms with E-state index in [1.807, 2.05) is 43.3 Å². The Morgan fingerprint density at radius 2 is 1.66 bits per heavy atom. The lowest BCUT2D eigenvalue weighted by atomic mass is 9.82. The molecule has 4 rings (SSSR count). The molecule has 1 unspecified atom stereocenters. The lowest BCUT2D eigenvalue weighted by molar-refractivity contribution is 0.0697. The van der Waals surface area contributed by atoms with Gasteiger partial charge in [-0.2, -0.15) is 4.39 Å². The van der Waals surface area contributed by atoms with Crippen molar-refractivity contribution in [2.75, 3.05) is 0 Å². The lowest BCUT2D eigenvalue weighted by Gasteiger charge is -2.22. The Hall–Kier alpha value is -4.32. The van der Waals surface area contributed by atoms with Crippen LogP contribution < -0.4 is 0 Å². The molecule has 0 aliphatic rings. The Bertz CT molecular complexity index is 1350. The highest BCUT2D eigenvalue weighted by atomic mass is 19.1. The predicted octanol–water partition coefficient (Wildman–Crippen LogP) is 6.47. The molecule has 0 saturated heterocycles. The molecule has 0 fully saturated rings. The van der Waals surface area contributed by atoms with Gasteiger partial charge >= 0.3 is 5.97 Å². The monoisotopic (exact) mass is 468 g/mol. The largest absolute Gasteiger partial charge is 0.478 e.